The molecule has 1 aliphatic heterocycles. The molecule has 2 atom stereocenters. The molecule has 0 aliphatic carbocycles. The summed E-state index contributed by atoms with van der Waals surface area (Å²) in [5.41, 5.74) is 1.28. The predicted molar refractivity (Wildman–Crippen MR) is 52.9 cm³/mol. The molecule has 1 N–H and O–H groups in total. The summed E-state index contributed by atoms with van der Waals surface area (Å²) in [5, 5.41) is 3.41. The van der Waals surface area contributed by atoms with Crippen molar-refractivity contribution in [3.8, 4) is 5.75 Å². The normalized spacial score (nSPS) is 26.6. The summed E-state index contributed by atoms with van der Waals surface area (Å²) in [4.78, 5) is 0. The largest absolute Gasteiger partial charge is 0.496 e. The molecule has 1 heterocycles. The monoisotopic (exact) mass is 177 g/mol. The van der Waals surface area contributed by atoms with Gasteiger partial charge in [0.25, 0.3) is 0 Å². The Labute approximate surface area is 78.9 Å². The Kier molecular flexibility index (Phi) is 2.23. The van der Waals surface area contributed by atoms with Crippen LogP contribution in [0.1, 0.15) is 18.5 Å². The van der Waals surface area contributed by atoms with Crippen molar-refractivity contribution in [2.24, 2.45) is 5.92 Å². The van der Waals surface area contributed by atoms with Gasteiger partial charge in [-0.2, -0.15) is 0 Å². The molecular formula is C11H15NO. The second-order valence-electron chi connectivity index (χ2n) is 3.61. The van der Waals surface area contributed by atoms with E-state index in [1.807, 2.05) is 12.1 Å². The smallest absolute Gasteiger partial charge is 0.123 e. The quantitative estimate of drug-likeness (QED) is 0.745. The number of methoxy groups -OCH3 is 1. The highest BCUT2D eigenvalue weighted by Crippen LogP contribution is 2.34. The molecule has 2 rings (SSSR count). The maximum atomic E-state index is 5.31. The molecule has 0 amide bonds. The summed E-state index contributed by atoms with van der Waals surface area (Å²) in [5.74, 6) is 1.71. The maximum Gasteiger partial charge on any atom is 0.123 e. The van der Waals surface area contributed by atoms with Gasteiger partial charge in [-0.15, -0.1) is 0 Å². The minimum Gasteiger partial charge on any atom is -0.496 e. The lowest BCUT2D eigenvalue weighted by Gasteiger charge is -2.36. The van der Waals surface area contributed by atoms with E-state index in [-0.39, 0.29) is 0 Å². The zero-order chi connectivity index (χ0) is 9.26. The molecule has 0 spiro atoms. The third-order valence-electron chi connectivity index (χ3n) is 2.70. The number of hydrogen-bond acceptors (Lipinski definition) is 2. The molecule has 2 heteroatoms. The van der Waals surface area contributed by atoms with Crippen LogP contribution in [0.3, 0.4) is 0 Å². The van der Waals surface area contributed by atoms with Crippen LogP contribution in [0.4, 0.5) is 0 Å². The molecule has 1 aromatic carbocycles. The Bertz CT molecular complexity index is 298. The average Bonchev–Trinajstić information content (AvgIpc) is 2.16. The van der Waals surface area contributed by atoms with Gasteiger partial charge in [0.2, 0.25) is 0 Å². The van der Waals surface area contributed by atoms with Gasteiger partial charge < -0.3 is 10.1 Å². The van der Waals surface area contributed by atoms with Crippen molar-refractivity contribution in [1.82, 2.24) is 5.32 Å². The van der Waals surface area contributed by atoms with Crippen molar-refractivity contribution in [3.05, 3.63) is 29.8 Å². The first-order valence-corrected chi connectivity index (χ1v) is 4.69. The molecule has 13 heavy (non-hydrogen) atoms. The lowest BCUT2D eigenvalue weighted by atomic mass is 9.87. The molecule has 2 nitrogen and oxygen atoms in total. The van der Waals surface area contributed by atoms with Crippen LogP contribution in [0, 0.1) is 5.92 Å². The zero-order valence-corrected chi connectivity index (χ0v) is 8.08. The van der Waals surface area contributed by atoms with Crippen LogP contribution in [0.2, 0.25) is 0 Å². The summed E-state index contributed by atoms with van der Waals surface area (Å²) in [6.07, 6.45) is 0. The van der Waals surface area contributed by atoms with Crippen molar-refractivity contribution in [2.45, 2.75) is 13.0 Å². The van der Waals surface area contributed by atoms with Crippen LogP contribution >= 0.6 is 0 Å². The third-order valence-corrected chi connectivity index (χ3v) is 2.70. The van der Waals surface area contributed by atoms with Crippen molar-refractivity contribution >= 4 is 0 Å². The van der Waals surface area contributed by atoms with Gasteiger partial charge in [0.05, 0.1) is 7.11 Å². The van der Waals surface area contributed by atoms with E-state index in [1.165, 1.54) is 5.56 Å². The SMILES string of the molecule is COc1ccccc1C1NCC1C. The molecule has 1 aliphatic rings. The Morgan fingerprint density at radius 2 is 2.15 bits per heavy atom. The molecular weight excluding hydrogens is 162 g/mol. The molecule has 0 bridgehead atoms. The van der Waals surface area contributed by atoms with Gasteiger partial charge >= 0.3 is 0 Å². The zero-order valence-electron chi connectivity index (χ0n) is 8.08. The predicted octanol–water partition coefficient (Wildman–Crippen LogP) is 1.98. The standard InChI is InChI=1S/C11H15NO/c1-8-7-12-11(8)9-5-3-4-6-10(9)13-2/h3-6,8,11-12H,7H2,1-2H3. The molecule has 1 fully saturated rings. The molecule has 1 saturated heterocycles. The number of nitrogens with one attached hydrogen (secondary N) is 1. The van der Waals surface area contributed by atoms with Gasteiger partial charge in [0.1, 0.15) is 5.75 Å². The van der Waals surface area contributed by atoms with E-state index in [0.29, 0.717) is 6.04 Å². The van der Waals surface area contributed by atoms with E-state index in [0.717, 1.165) is 18.2 Å². The van der Waals surface area contributed by atoms with Crippen LogP contribution in [0.5, 0.6) is 5.75 Å². The van der Waals surface area contributed by atoms with Crippen molar-refractivity contribution in [3.63, 3.8) is 0 Å². The fourth-order valence-corrected chi connectivity index (χ4v) is 1.81. The first-order chi connectivity index (χ1) is 6.33. The minimum absolute atomic E-state index is 0.483. The van der Waals surface area contributed by atoms with Gasteiger partial charge in [-0.3, -0.25) is 0 Å². The summed E-state index contributed by atoms with van der Waals surface area (Å²) in [6, 6.07) is 8.70. The van der Waals surface area contributed by atoms with Gasteiger partial charge in [-0.05, 0) is 12.0 Å². The fourth-order valence-electron chi connectivity index (χ4n) is 1.81. The van der Waals surface area contributed by atoms with Crippen LogP contribution < -0.4 is 10.1 Å². The van der Waals surface area contributed by atoms with Gasteiger partial charge in [-0.1, -0.05) is 25.1 Å². The van der Waals surface area contributed by atoms with Crippen LogP contribution in [0.15, 0.2) is 24.3 Å². The third kappa shape index (κ3) is 1.42. The summed E-state index contributed by atoms with van der Waals surface area (Å²) >= 11 is 0. The first-order valence-electron chi connectivity index (χ1n) is 4.69. The second-order valence-corrected chi connectivity index (χ2v) is 3.61. The summed E-state index contributed by atoms with van der Waals surface area (Å²) in [7, 11) is 1.72. The minimum atomic E-state index is 0.483. The van der Waals surface area contributed by atoms with Gasteiger partial charge in [-0.25, -0.2) is 0 Å². The van der Waals surface area contributed by atoms with Crippen LogP contribution in [-0.4, -0.2) is 13.7 Å². The van der Waals surface area contributed by atoms with E-state index in [4.69, 9.17) is 4.74 Å². The van der Waals surface area contributed by atoms with Crippen molar-refractivity contribution in [2.75, 3.05) is 13.7 Å². The molecule has 0 saturated carbocycles. The molecule has 0 aromatic heterocycles. The highest BCUT2D eigenvalue weighted by molar-refractivity contribution is 5.37. The van der Waals surface area contributed by atoms with E-state index in [2.05, 4.69) is 24.4 Å². The number of benzene rings is 1. The first kappa shape index (κ1) is 8.57. The molecule has 2 unspecified atom stereocenters. The Balaban J connectivity index is 2.28. The second kappa shape index (κ2) is 3.38. The molecule has 1 aromatic rings. The number of para-hydroxylation sites is 1. The Hall–Kier alpha value is -1.02. The van der Waals surface area contributed by atoms with Gasteiger partial charge in [0, 0.05) is 18.2 Å². The number of rotatable bonds is 2. The lowest BCUT2D eigenvalue weighted by Crippen LogP contribution is -2.44. The number of hydrogen-bond donors (Lipinski definition) is 1. The van der Waals surface area contributed by atoms with E-state index >= 15 is 0 Å². The van der Waals surface area contributed by atoms with E-state index < -0.39 is 0 Å². The lowest BCUT2D eigenvalue weighted by molar-refractivity contribution is 0.250. The van der Waals surface area contributed by atoms with Crippen LogP contribution in [-0.2, 0) is 0 Å². The average molecular weight is 177 g/mol. The van der Waals surface area contributed by atoms with E-state index in [9.17, 15) is 0 Å². The summed E-state index contributed by atoms with van der Waals surface area (Å²) in [6.45, 7) is 3.37. The van der Waals surface area contributed by atoms with E-state index in [1.54, 1.807) is 7.11 Å². The fraction of sp³-hybridized carbons (Fsp3) is 0.455. The highest BCUT2D eigenvalue weighted by Gasteiger charge is 2.29. The van der Waals surface area contributed by atoms with Crippen molar-refractivity contribution < 1.29 is 4.74 Å². The molecule has 70 valence electrons. The van der Waals surface area contributed by atoms with Gasteiger partial charge in [0.15, 0.2) is 0 Å². The molecule has 0 radical (unpaired) electrons. The number of ether oxygens (including phenoxy) is 1. The van der Waals surface area contributed by atoms with Crippen molar-refractivity contribution in [1.29, 1.82) is 0 Å². The topological polar surface area (TPSA) is 21.3 Å². The highest BCUT2D eigenvalue weighted by atomic mass is 16.5. The van der Waals surface area contributed by atoms with Crippen LogP contribution in [0.25, 0.3) is 0 Å². The Morgan fingerprint density at radius 1 is 1.38 bits per heavy atom. The summed E-state index contributed by atoms with van der Waals surface area (Å²) < 4.78 is 5.31. The maximum absolute atomic E-state index is 5.31. The Morgan fingerprint density at radius 3 is 2.69 bits per heavy atom.